The third kappa shape index (κ3) is 29.1. The van der Waals surface area contributed by atoms with Crippen LogP contribution in [0.15, 0.2) is 0 Å². The monoisotopic (exact) mass is 568 g/mol. The van der Waals surface area contributed by atoms with E-state index in [2.05, 4.69) is 18.5 Å². The van der Waals surface area contributed by atoms with E-state index in [-0.39, 0.29) is 18.6 Å². The van der Waals surface area contributed by atoms with Gasteiger partial charge in [-0.05, 0) is 32.9 Å². The summed E-state index contributed by atoms with van der Waals surface area (Å²) in [6.07, 6.45) is 4.88. The van der Waals surface area contributed by atoms with Gasteiger partial charge in [-0.1, -0.05) is 13.8 Å². The Morgan fingerprint density at radius 2 is 1.29 bits per heavy atom. The molecule has 0 fully saturated rings. The Kier molecular flexibility index (Phi) is 32.4. The van der Waals surface area contributed by atoms with Crippen molar-refractivity contribution in [2.45, 2.75) is 52.2 Å². The summed E-state index contributed by atoms with van der Waals surface area (Å²) in [5.41, 5.74) is 0. The fourth-order valence-electron chi connectivity index (χ4n) is 2.67. The van der Waals surface area contributed by atoms with Crippen LogP contribution in [0.3, 0.4) is 0 Å². The predicted molar refractivity (Wildman–Crippen MR) is 150 cm³/mol. The van der Waals surface area contributed by atoms with Gasteiger partial charge in [-0.15, -0.1) is 0 Å². The molecule has 0 aromatic rings. The Balaban J connectivity index is 0. The Bertz CT molecular complexity index is 545. The molecule has 0 saturated heterocycles. The van der Waals surface area contributed by atoms with Gasteiger partial charge in [0.25, 0.3) is 0 Å². The van der Waals surface area contributed by atoms with Gasteiger partial charge >= 0.3 is 6.09 Å². The SMILES string of the molecule is CC=O.CCCC(=O)NCCOCCOCCOCCOCCOCCOC(=O)N(CC)CCC(C)SC. The fraction of sp³-hybridized carbons (Fsp3) is 0.885. The predicted octanol–water partition coefficient (Wildman–Crippen LogP) is 2.79. The molecule has 38 heavy (non-hydrogen) atoms. The van der Waals surface area contributed by atoms with Gasteiger partial charge in [0.1, 0.15) is 12.9 Å². The van der Waals surface area contributed by atoms with Crippen molar-refractivity contribution in [2.75, 3.05) is 98.6 Å². The number of hydrogen-bond donors (Lipinski definition) is 1. The molecular weight excluding hydrogens is 516 g/mol. The van der Waals surface area contributed by atoms with Crippen LogP contribution in [0, 0.1) is 0 Å². The second-order valence-corrected chi connectivity index (χ2v) is 9.20. The van der Waals surface area contributed by atoms with E-state index in [1.165, 1.54) is 6.92 Å². The maximum absolute atomic E-state index is 12.1. The normalized spacial score (nSPS) is 11.3. The van der Waals surface area contributed by atoms with Crippen LogP contribution in [0.1, 0.15) is 47.0 Å². The van der Waals surface area contributed by atoms with Crippen LogP contribution in [0.5, 0.6) is 0 Å². The Hall–Kier alpha value is -1.44. The number of rotatable bonds is 25. The van der Waals surface area contributed by atoms with E-state index in [0.717, 1.165) is 19.1 Å². The number of carbonyl (C=O) groups excluding carboxylic acids is 3. The van der Waals surface area contributed by atoms with Gasteiger partial charge in [0.15, 0.2) is 0 Å². The summed E-state index contributed by atoms with van der Waals surface area (Å²) in [5, 5.41) is 3.31. The molecule has 0 radical (unpaired) electrons. The van der Waals surface area contributed by atoms with Gasteiger partial charge < -0.3 is 43.4 Å². The number of carbonyl (C=O) groups is 3. The first-order valence-electron chi connectivity index (χ1n) is 13.5. The van der Waals surface area contributed by atoms with Gasteiger partial charge in [0.2, 0.25) is 5.91 Å². The van der Waals surface area contributed by atoms with Crippen LogP contribution in [0.2, 0.25) is 0 Å². The van der Waals surface area contributed by atoms with Crippen molar-refractivity contribution < 1.29 is 42.8 Å². The second kappa shape index (κ2) is 31.8. The molecular formula is C26H52N2O9S. The van der Waals surface area contributed by atoms with E-state index in [1.807, 2.05) is 13.8 Å². The number of amides is 2. The average Bonchev–Trinajstić information content (AvgIpc) is 2.90. The summed E-state index contributed by atoms with van der Waals surface area (Å²) in [7, 11) is 0. The number of ether oxygens (including phenoxy) is 6. The summed E-state index contributed by atoms with van der Waals surface area (Å²) >= 11 is 1.79. The molecule has 0 aromatic heterocycles. The van der Waals surface area contributed by atoms with Crippen molar-refractivity contribution >= 4 is 30.0 Å². The van der Waals surface area contributed by atoms with E-state index in [1.54, 1.807) is 16.7 Å². The molecule has 0 aliphatic rings. The standard InChI is InChI=1S/C24H48N2O8S.C2H4O/c1-5-7-23(27)25-9-11-29-12-13-30-14-15-31-16-17-32-18-19-33-20-21-34-24(28)26(6-2)10-8-22(3)35-4;1-2-3/h22H,5-21H2,1-4H3,(H,25,27);2H,1H3. The molecule has 11 nitrogen and oxygen atoms in total. The third-order valence-corrected chi connectivity index (χ3v) is 5.88. The Morgan fingerprint density at radius 1 is 0.842 bits per heavy atom. The molecule has 0 bridgehead atoms. The highest BCUT2D eigenvalue weighted by Gasteiger charge is 2.13. The van der Waals surface area contributed by atoms with Gasteiger partial charge in [-0.2, -0.15) is 11.8 Å². The molecule has 0 aromatic carbocycles. The van der Waals surface area contributed by atoms with Crippen LogP contribution in [-0.4, -0.2) is 127 Å². The summed E-state index contributed by atoms with van der Waals surface area (Å²) in [5.74, 6) is 0.0601. The lowest BCUT2D eigenvalue weighted by atomic mass is 10.3. The summed E-state index contributed by atoms with van der Waals surface area (Å²) < 4.78 is 32.3. The van der Waals surface area contributed by atoms with E-state index < -0.39 is 0 Å². The maximum atomic E-state index is 12.1. The lowest BCUT2D eigenvalue weighted by Gasteiger charge is -2.21. The van der Waals surface area contributed by atoms with Crippen molar-refractivity contribution in [3.8, 4) is 0 Å². The second-order valence-electron chi connectivity index (χ2n) is 7.93. The highest BCUT2D eigenvalue weighted by atomic mass is 32.2. The number of aldehydes is 1. The first-order chi connectivity index (χ1) is 18.5. The van der Waals surface area contributed by atoms with Crippen molar-refractivity contribution in [1.29, 1.82) is 0 Å². The summed E-state index contributed by atoms with van der Waals surface area (Å²) in [6, 6.07) is 0. The fourth-order valence-corrected chi connectivity index (χ4v) is 3.01. The number of thioether (sulfide) groups is 1. The van der Waals surface area contributed by atoms with E-state index in [4.69, 9.17) is 33.2 Å². The minimum Gasteiger partial charge on any atom is -0.447 e. The van der Waals surface area contributed by atoms with Crippen molar-refractivity contribution in [3.63, 3.8) is 0 Å². The topological polar surface area (TPSA) is 122 Å². The molecule has 2 amide bonds. The summed E-state index contributed by atoms with van der Waals surface area (Å²) in [4.78, 5) is 33.8. The zero-order chi connectivity index (χ0) is 28.7. The molecule has 0 rings (SSSR count). The largest absolute Gasteiger partial charge is 0.447 e. The first kappa shape index (κ1) is 38.7. The zero-order valence-electron chi connectivity index (χ0n) is 24.2. The molecule has 0 aliphatic carbocycles. The van der Waals surface area contributed by atoms with E-state index >= 15 is 0 Å². The number of hydrogen-bond acceptors (Lipinski definition) is 10. The van der Waals surface area contributed by atoms with Crippen molar-refractivity contribution in [1.82, 2.24) is 10.2 Å². The highest BCUT2D eigenvalue weighted by Crippen LogP contribution is 2.10. The molecule has 0 spiro atoms. The van der Waals surface area contributed by atoms with Crippen molar-refractivity contribution in [2.24, 2.45) is 0 Å². The minimum atomic E-state index is -0.290. The van der Waals surface area contributed by atoms with E-state index in [9.17, 15) is 9.59 Å². The average molecular weight is 569 g/mol. The molecule has 1 N–H and O–H groups in total. The molecule has 0 heterocycles. The van der Waals surface area contributed by atoms with Gasteiger partial charge in [-0.3, -0.25) is 4.79 Å². The molecule has 12 heteroatoms. The molecule has 226 valence electrons. The van der Waals surface area contributed by atoms with Gasteiger partial charge in [0.05, 0.1) is 66.1 Å². The van der Waals surface area contributed by atoms with Crippen LogP contribution in [0.4, 0.5) is 4.79 Å². The highest BCUT2D eigenvalue weighted by molar-refractivity contribution is 7.99. The first-order valence-corrected chi connectivity index (χ1v) is 14.7. The quantitative estimate of drug-likeness (QED) is 0.130. The number of nitrogens with zero attached hydrogens (tertiary/aromatic N) is 1. The molecule has 1 atom stereocenters. The van der Waals surface area contributed by atoms with Crippen LogP contribution < -0.4 is 5.32 Å². The Labute approximate surface area is 233 Å². The molecule has 1 unspecified atom stereocenters. The smallest absolute Gasteiger partial charge is 0.409 e. The minimum absolute atomic E-state index is 0.0601. The van der Waals surface area contributed by atoms with Crippen molar-refractivity contribution in [3.05, 3.63) is 0 Å². The number of nitrogens with one attached hydrogen (secondary N) is 1. The molecule has 0 aliphatic heterocycles. The Morgan fingerprint density at radius 3 is 1.71 bits per heavy atom. The van der Waals surface area contributed by atoms with E-state index in [0.29, 0.717) is 97.4 Å². The third-order valence-electron chi connectivity index (χ3n) is 4.83. The lowest BCUT2D eigenvalue weighted by molar-refractivity contribution is -0.121. The van der Waals surface area contributed by atoms with Crippen LogP contribution in [0.25, 0.3) is 0 Å². The van der Waals surface area contributed by atoms with Crippen LogP contribution >= 0.6 is 11.8 Å². The zero-order valence-corrected chi connectivity index (χ0v) is 25.0. The van der Waals surface area contributed by atoms with Gasteiger partial charge in [0, 0.05) is 31.3 Å². The maximum Gasteiger partial charge on any atom is 0.409 e. The summed E-state index contributed by atoms with van der Waals surface area (Å²) in [6.45, 7) is 14.3. The lowest BCUT2D eigenvalue weighted by Crippen LogP contribution is -2.34. The molecule has 0 saturated carbocycles. The van der Waals surface area contributed by atoms with Crippen LogP contribution in [-0.2, 0) is 38.0 Å². The van der Waals surface area contributed by atoms with Gasteiger partial charge in [-0.25, -0.2) is 4.79 Å².